The number of ether oxygens (including phenoxy) is 1. The van der Waals surface area contributed by atoms with Gasteiger partial charge in [-0.05, 0) is 12.5 Å². The molecule has 0 radical (unpaired) electrons. The number of primary amides is 1. The molecular weight excluding hydrogens is 270 g/mol. The molecule has 0 aliphatic rings. The molecular formula is C15H17N3O3. The summed E-state index contributed by atoms with van der Waals surface area (Å²) in [5, 5.41) is 6.65. The Hall–Kier alpha value is -2.63. The summed E-state index contributed by atoms with van der Waals surface area (Å²) in [6.07, 6.45) is 0.605. The summed E-state index contributed by atoms with van der Waals surface area (Å²) < 4.78 is 5.18. The SMILES string of the molecule is CCCc1cc(C(=O)OC(C(N)=O)c2ccccc2)n[nH]1. The van der Waals surface area contributed by atoms with E-state index in [1.165, 1.54) is 0 Å². The molecule has 0 spiro atoms. The van der Waals surface area contributed by atoms with Gasteiger partial charge in [-0.2, -0.15) is 5.10 Å². The second-order valence-electron chi connectivity index (χ2n) is 4.63. The molecule has 1 unspecified atom stereocenters. The molecule has 0 saturated carbocycles. The first-order chi connectivity index (χ1) is 10.1. The molecule has 3 N–H and O–H groups in total. The number of benzene rings is 1. The molecule has 1 amide bonds. The molecule has 6 nitrogen and oxygen atoms in total. The van der Waals surface area contributed by atoms with Crippen LogP contribution in [-0.4, -0.2) is 22.1 Å². The van der Waals surface area contributed by atoms with Crippen LogP contribution in [0.3, 0.4) is 0 Å². The minimum absolute atomic E-state index is 0.139. The monoisotopic (exact) mass is 287 g/mol. The van der Waals surface area contributed by atoms with Gasteiger partial charge in [-0.1, -0.05) is 43.7 Å². The predicted octanol–water partition coefficient (Wildman–Crippen LogP) is 1.75. The zero-order chi connectivity index (χ0) is 15.2. The van der Waals surface area contributed by atoms with Crippen molar-refractivity contribution in [3.63, 3.8) is 0 Å². The van der Waals surface area contributed by atoms with Gasteiger partial charge in [-0.3, -0.25) is 9.89 Å². The van der Waals surface area contributed by atoms with Crippen molar-refractivity contribution in [3.05, 3.63) is 53.3 Å². The van der Waals surface area contributed by atoms with Gasteiger partial charge in [-0.15, -0.1) is 0 Å². The van der Waals surface area contributed by atoms with Crippen LogP contribution in [-0.2, 0) is 16.0 Å². The Bertz CT molecular complexity index is 622. The van der Waals surface area contributed by atoms with Crippen LogP contribution in [0, 0.1) is 0 Å². The topological polar surface area (TPSA) is 98.1 Å². The van der Waals surface area contributed by atoms with E-state index in [0.29, 0.717) is 5.56 Å². The fourth-order valence-electron chi connectivity index (χ4n) is 1.95. The highest BCUT2D eigenvalue weighted by atomic mass is 16.5. The highest BCUT2D eigenvalue weighted by Gasteiger charge is 2.24. The number of hydrogen-bond donors (Lipinski definition) is 2. The molecule has 0 fully saturated rings. The number of aromatic nitrogens is 2. The number of aromatic amines is 1. The lowest BCUT2D eigenvalue weighted by molar-refractivity contribution is -0.127. The molecule has 2 rings (SSSR count). The molecule has 1 heterocycles. The van der Waals surface area contributed by atoms with E-state index >= 15 is 0 Å². The molecule has 0 saturated heterocycles. The van der Waals surface area contributed by atoms with Crippen LogP contribution in [0.1, 0.15) is 41.2 Å². The number of hydrogen-bond acceptors (Lipinski definition) is 4. The quantitative estimate of drug-likeness (QED) is 0.791. The zero-order valence-electron chi connectivity index (χ0n) is 11.7. The van der Waals surface area contributed by atoms with Crippen molar-refractivity contribution < 1.29 is 14.3 Å². The van der Waals surface area contributed by atoms with E-state index in [1.807, 2.05) is 6.92 Å². The first kappa shape index (κ1) is 14.8. The minimum atomic E-state index is -1.12. The molecule has 6 heteroatoms. The van der Waals surface area contributed by atoms with Gasteiger partial charge in [0.2, 0.25) is 6.10 Å². The summed E-state index contributed by atoms with van der Waals surface area (Å²) in [7, 11) is 0. The van der Waals surface area contributed by atoms with E-state index < -0.39 is 18.0 Å². The summed E-state index contributed by atoms with van der Waals surface area (Å²) in [6.45, 7) is 2.03. The van der Waals surface area contributed by atoms with Crippen molar-refractivity contribution >= 4 is 11.9 Å². The fourth-order valence-corrected chi connectivity index (χ4v) is 1.95. The number of carbonyl (C=O) groups is 2. The van der Waals surface area contributed by atoms with E-state index in [4.69, 9.17) is 10.5 Å². The molecule has 0 aliphatic heterocycles. The summed E-state index contributed by atoms with van der Waals surface area (Å²) >= 11 is 0. The Morgan fingerprint density at radius 1 is 1.33 bits per heavy atom. The van der Waals surface area contributed by atoms with Crippen molar-refractivity contribution in [2.75, 3.05) is 0 Å². The zero-order valence-corrected chi connectivity index (χ0v) is 11.7. The largest absolute Gasteiger partial charge is 0.443 e. The fraction of sp³-hybridized carbons (Fsp3) is 0.267. The second-order valence-corrected chi connectivity index (χ2v) is 4.63. The Morgan fingerprint density at radius 3 is 2.67 bits per heavy atom. The van der Waals surface area contributed by atoms with E-state index in [9.17, 15) is 9.59 Å². The smallest absolute Gasteiger partial charge is 0.359 e. The van der Waals surface area contributed by atoms with Crippen LogP contribution < -0.4 is 5.73 Å². The average Bonchev–Trinajstić information content (AvgIpc) is 2.94. The number of rotatable bonds is 6. The third-order valence-electron chi connectivity index (χ3n) is 2.95. The van der Waals surface area contributed by atoms with Crippen LogP contribution in [0.4, 0.5) is 0 Å². The number of H-pyrrole nitrogens is 1. The number of esters is 1. The Labute approximate surface area is 122 Å². The Kier molecular flexibility index (Phi) is 4.71. The van der Waals surface area contributed by atoms with Gasteiger partial charge in [0.15, 0.2) is 5.69 Å². The van der Waals surface area contributed by atoms with Gasteiger partial charge in [-0.25, -0.2) is 4.79 Å². The standard InChI is InChI=1S/C15H17N3O3/c1-2-6-11-9-12(18-17-11)15(20)21-13(14(16)19)10-7-4-3-5-8-10/h3-5,7-9,13H,2,6H2,1H3,(H2,16,19)(H,17,18). The Morgan fingerprint density at radius 2 is 2.05 bits per heavy atom. The van der Waals surface area contributed by atoms with Crippen molar-refractivity contribution in [1.82, 2.24) is 10.2 Å². The van der Waals surface area contributed by atoms with Crippen LogP contribution >= 0.6 is 0 Å². The number of nitrogens with zero attached hydrogens (tertiary/aromatic N) is 1. The second kappa shape index (κ2) is 6.69. The number of nitrogens with two attached hydrogens (primary N) is 1. The minimum Gasteiger partial charge on any atom is -0.443 e. The highest BCUT2D eigenvalue weighted by Crippen LogP contribution is 2.18. The number of carbonyl (C=O) groups excluding carboxylic acids is 2. The van der Waals surface area contributed by atoms with Crippen LogP contribution in [0.25, 0.3) is 0 Å². The van der Waals surface area contributed by atoms with Crippen molar-refractivity contribution in [3.8, 4) is 0 Å². The predicted molar refractivity (Wildman–Crippen MR) is 76.4 cm³/mol. The van der Waals surface area contributed by atoms with E-state index in [0.717, 1.165) is 18.5 Å². The van der Waals surface area contributed by atoms with Gasteiger partial charge in [0, 0.05) is 11.3 Å². The molecule has 110 valence electrons. The molecule has 0 aliphatic carbocycles. The van der Waals surface area contributed by atoms with Crippen molar-refractivity contribution in [2.24, 2.45) is 5.73 Å². The number of aryl methyl sites for hydroxylation is 1. The molecule has 2 aromatic rings. The normalized spacial score (nSPS) is 11.9. The van der Waals surface area contributed by atoms with Crippen molar-refractivity contribution in [2.45, 2.75) is 25.9 Å². The molecule has 1 aromatic carbocycles. The maximum Gasteiger partial charge on any atom is 0.359 e. The van der Waals surface area contributed by atoms with Crippen LogP contribution in [0.5, 0.6) is 0 Å². The van der Waals surface area contributed by atoms with Crippen LogP contribution in [0.2, 0.25) is 0 Å². The molecule has 0 bridgehead atoms. The van der Waals surface area contributed by atoms with Gasteiger partial charge in [0.05, 0.1) is 0 Å². The van der Waals surface area contributed by atoms with Gasteiger partial charge < -0.3 is 10.5 Å². The lowest BCUT2D eigenvalue weighted by Gasteiger charge is -2.13. The van der Waals surface area contributed by atoms with E-state index in [-0.39, 0.29) is 5.69 Å². The van der Waals surface area contributed by atoms with Crippen molar-refractivity contribution in [1.29, 1.82) is 0 Å². The summed E-state index contributed by atoms with van der Waals surface area (Å²) in [4.78, 5) is 23.5. The molecule has 1 aromatic heterocycles. The highest BCUT2D eigenvalue weighted by molar-refractivity contribution is 5.90. The molecule has 1 atom stereocenters. The van der Waals surface area contributed by atoms with Gasteiger partial charge >= 0.3 is 5.97 Å². The van der Waals surface area contributed by atoms with E-state index in [1.54, 1.807) is 36.4 Å². The first-order valence-corrected chi connectivity index (χ1v) is 6.71. The third kappa shape index (κ3) is 3.68. The maximum atomic E-state index is 12.0. The number of nitrogens with one attached hydrogen (secondary N) is 1. The maximum absolute atomic E-state index is 12.0. The van der Waals surface area contributed by atoms with Gasteiger partial charge in [0.1, 0.15) is 0 Å². The number of amides is 1. The average molecular weight is 287 g/mol. The van der Waals surface area contributed by atoms with Crippen LogP contribution in [0.15, 0.2) is 36.4 Å². The third-order valence-corrected chi connectivity index (χ3v) is 2.95. The van der Waals surface area contributed by atoms with E-state index in [2.05, 4.69) is 10.2 Å². The first-order valence-electron chi connectivity index (χ1n) is 6.71. The lowest BCUT2D eigenvalue weighted by atomic mass is 10.1. The Balaban J connectivity index is 2.13. The molecule has 21 heavy (non-hydrogen) atoms. The van der Waals surface area contributed by atoms with Gasteiger partial charge in [0.25, 0.3) is 5.91 Å². The summed E-state index contributed by atoms with van der Waals surface area (Å²) in [6, 6.07) is 10.3. The summed E-state index contributed by atoms with van der Waals surface area (Å²) in [5.74, 6) is -1.40. The summed E-state index contributed by atoms with van der Waals surface area (Å²) in [5.41, 5.74) is 6.82. The lowest BCUT2D eigenvalue weighted by Crippen LogP contribution is -2.26.